The van der Waals surface area contributed by atoms with Gasteiger partial charge in [0.1, 0.15) is 6.29 Å². The highest BCUT2D eigenvalue weighted by atomic mass is 16.1. The molecule has 1 aromatic rings. The van der Waals surface area contributed by atoms with E-state index in [0.29, 0.717) is 0 Å². The topological polar surface area (TPSA) is 17.1 Å². The molecule has 1 heteroatoms. The SMILES string of the molecule is C[CH-]c1cccc(C=O)c1. The first kappa shape index (κ1) is 6.87. The molecule has 0 aliphatic carbocycles. The molecule has 0 bridgehead atoms. The Kier molecular flexibility index (Phi) is 2.11. The third-order valence-corrected chi connectivity index (χ3v) is 1.38. The third-order valence-electron chi connectivity index (χ3n) is 1.38. The second-order valence-corrected chi connectivity index (χ2v) is 2.08. The predicted octanol–water partition coefficient (Wildman–Crippen LogP) is 2.07. The molecule has 52 valence electrons. The third kappa shape index (κ3) is 1.38. The van der Waals surface area contributed by atoms with Gasteiger partial charge in [-0.2, -0.15) is 24.1 Å². The van der Waals surface area contributed by atoms with E-state index < -0.39 is 0 Å². The molecule has 0 radical (unpaired) electrons. The Bertz CT molecular complexity index is 228. The summed E-state index contributed by atoms with van der Waals surface area (Å²) in [7, 11) is 0. The summed E-state index contributed by atoms with van der Waals surface area (Å²) in [5, 5.41) is 0. The quantitative estimate of drug-likeness (QED) is 0.446. The molecule has 0 saturated carbocycles. The van der Waals surface area contributed by atoms with Crippen molar-refractivity contribution < 1.29 is 4.79 Å². The number of hydrogen-bond acceptors (Lipinski definition) is 1. The van der Waals surface area contributed by atoms with Crippen LogP contribution in [0.4, 0.5) is 0 Å². The molecule has 0 amide bonds. The average molecular weight is 133 g/mol. The zero-order valence-corrected chi connectivity index (χ0v) is 5.87. The van der Waals surface area contributed by atoms with Gasteiger partial charge in [0.25, 0.3) is 0 Å². The fourth-order valence-electron chi connectivity index (χ4n) is 0.812. The Hall–Kier alpha value is -1.24. The molecule has 0 N–H and O–H groups in total. The maximum atomic E-state index is 10.3. The molecule has 0 aromatic heterocycles. The monoisotopic (exact) mass is 133 g/mol. The maximum absolute atomic E-state index is 10.3. The minimum Gasteiger partial charge on any atom is -0.299 e. The van der Waals surface area contributed by atoms with Gasteiger partial charge in [0.15, 0.2) is 0 Å². The van der Waals surface area contributed by atoms with Crippen molar-refractivity contribution in [2.75, 3.05) is 0 Å². The van der Waals surface area contributed by atoms with E-state index in [4.69, 9.17) is 0 Å². The number of carbonyl (C=O) groups is 1. The minimum absolute atomic E-state index is 0.732. The first-order valence-electron chi connectivity index (χ1n) is 3.21. The number of carbonyl (C=O) groups excluding carboxylic acids is 1. The summed E-state index contributed by atoms with van der Waals surface area (Å²) in [5.74, 6) is 0. The van der Waals surface area contributed by atoms with Gasteiger partial charge in [-0.25, -0.2) is 0 Å². The summed E-state index contributed by atoms with van der Waals surface area (Å²) < 4.78 is 0. The Balaban J connectivity index is 2.98. The molecule has 1 aromatic carbocycles. The van der Waals surface area contributed by atoms with Crippen molar-refractivity contribution in [3.63, 3.8) is 0 Å². The zero-order valence-electron chi connectivity index (χ0n) is 5.87. The molecule has 0 fully saturated rings. The molecular formula is C9H9O-. The molecule has 0 saturated heterocycles. The van der Waals surface area contributed by atoms with Crippen LogP contribution >= 0.6 is 0 Å². The van der Waals surface area contributed by atoms with Crippen LogP contribution in [-0.4, -0.2) is 6.29 Å². The van der Waals surface area contributed by atoms with E-state index in [9.17, 15) is 4.79 Å². The molecule has 10 heavy (non-hydrogen) atoms. The van der Waals surface area contributed by atoms with E-state index in [1.165, 1.54) is 0 Å². The lowest BCUT2D eigenvalue weighted by Gasteiger charge is -2.04. The Labute approximate surface area is 60.7 Å². The van der Waals surface area contributed by atoms with Gasteiger partial charge >= 0.3 is 0 Å². The highest BCUT2D eigenvalue weighted by molar-refractivity contribution is 5.75. The minimum atomic E-state index is 0.732. The Morgan fingerprint density at radius 1 is 1.50 bits per heavy atom. The van der Waals surface area contributed by atoms with Gasteiger partial charge in [-0.05, 0) is 5.56 Å². The molecule has 0 heterocycles. The lowest BCUT2D eigenvalue weighted by molar-refractivity contribution is 0.112. The van der Waals surface area contributed by atoms with Gasteiger partial charge in [0.2, 0.25) is 0 Å². The van der Waals surface area contributed by atoms with Crippen LogP contribution in [0, 0.1) is 6.42 Å². The first-order chi connectivity index (χ1) is 4.86. The van der Waals surface area contributed by atoms with Gasteiger partial charge < -0.3 is 0 Å². The second kappa shape index (κ2) is 3.06. The predicted molar refractivity (Wildman–Crippen MR) is 40.9 cm³/mol. The molecule has 1 rings (SSSR count). The fraction of sp³-hybridized carbons (Fsp3) is 0.111. The standard InChI is InChI=1S/C9H9O/c1-2-8-4-3-5-9(6-8)7-10/h2-7H,1H3/q-1. The number of benzene rings is 1. The summed E-state index contributed by atoms with van der Waals surface area (Å²) in [6.07, 6.45) is 2.82. The molecule has 0 atom stereocenters. The zero-order chi connectivity index (χ0) is 7.40. The van der Waals surface area contributed by atoms with Crippen molar-refractivity contribution in [3.05, 3.63) is 41.8 Å². The second-order valence-electron chi connectivity index (χ2n) is 2.08. The van der Waals surface area contributed by atoms with Crippen molar-refractivity contribution in [2.45, 2.75) is 6.92 Å². The average Bonchev–Trinajstić information content (AvgIpc) is 2.05. The number of rotatable bonds is 2. The lowest BCUT2D eigenvalue weighted by atomic mass is 10.1. The largest absolute Gasteiger partial charge is 0.299 e. The van der Waals surface area contributed by atoms with Crippen molar-refractivity contribution in [3.8, 4) is 0 Å². The molecule has 0 aliphatic heterocycles. The van der Waals surface area contributed by atoms with E-state index in [1.54, 1.807) is 6.07 Å². The van der Waals surface area contributed by atoms with Gasteiger partial charge in [-0.15, -0.1) is 6.07 Å². The highest BCUT2D eigenvalue weighted by Crippen LogP contribution is 2.04. The summed E-state index contributed by atoms with van der Waals surface area (Å²) >= 11 is 0. The maximum Gasteiger partial charge on any atom is 0.137 e. The fourth-order valence-corrected chi connectivity index (χ4v) is 0.812. The van der Waals surface area contributed by atoms with Crippen LogP contribution in [-0.2, 0) is 0 Å². The Morgan fingerprint density at radius 3 is 2.90 bits per heavy atom. The van der Waals surface area contributed by atoms with Crippen LogP contribution in [0.3, 0.4) is 0 Å². The molecule has 0 unspecified atom stereocenters. The van der Waals surface area contributed by atoms with E-state index in [1.807, 2.05) is 31.5 Å². The van der Waals surface area contributed by atoms with Crippen LogP contribution in [0.2, 0.25) is 0 Å². The molecule has 0 spiro atoms. The molecule has 0 aliphatic rings. The van der Waals surface area contributed by atoms with E-state index >= 15 is 0 Å². The summed E-state index contributed by atoms with van der Waals surface area (Å²) in [6, 6.07) is 7.49. The van der Waals surface area contributed by atoms with Crippen molar-refractivity contribution in [2.24, 2.45) is 0 Å². The van der Waals surface area contributed by atoms with Crippen molar-refractivity contribution >= 4 is 6.29 Å². The molecular weight excluding hydrogens is 124 g/mol. The summed E-state index contributed by atoms with van der Waals surface area (Å²) in [6.45, 7) is 1.95. The highest BCUT2D eigenvalue weighted by Gasteiger charge is 1.81. The first-order valence-corrected chi connectivity index (χ1v) is 3.21. The van der Waals surface area contributed by atoms with Gasteiger partial charge in [0, 0.05) is 0 Å². The van der Waals surface area contributed by atoms with E-state index in [2.05, 4.69) is 0 Å². The van der Waals surface area contributed by atoms with Crippen LogP contribution < -0.4 is 0 Å². The normalized spacial score (nSPS) is 8.90. The summed E-state index contributed by atoms with van der Waals surface area (Å²) in [5.41, 5.74) is 1.82. The number of aldehydes is 1. The molecule has 1 nitrogen and oxygen atoms in total. The van der Waals surface area contributed by atoms with Gasteiger partial charge in [-0.3, -0.25) is 4.79 Å². The number of hydrogen-bond donors (Lipinski definition) is 0. The van der Waals surface area contributed by atoms with Crippen LogP contribution in [0.15, 0.2) is 24.3 Å². The van der Waals surface area contributed by atoms with E-state index in [0.717, 1.165) is 17.4 Å². The van der Waals surface area contributed by atoms with Gasteiger partial charge in [0.05, 0.1) is 0 Å². The van der Waals surface area contributed by atoms with Gasteiger partial charge in [-0.1, -0.05) is 13.0 Å². The van der Waals surface area contributed by atoms with Crippen LogP contribution in [0.25, 0.3) is 0 Å². The van der Waals surface area contributed by atoms with Crippen LogP contribution in [0.1, 0.15) is 22.8 Å². The van der Waals surface area contributed by atoms with E-state index in [-0.39, 0.29) is 0 Å². The Morgan fingerprint density at radius 2 is 2.30 bits per heavy atom. The van der Waals surface area contributed by atoms with Crippen molar-refractivity contribution in [1.29, 1.82) is 0 Å². The summed E-state index contributed by atoms with van der Waals surface area (Å²) in [4.78, 5) is 10.3. The van der Waals surface area contributed by atoms with Crippen molar-refractivity contribution in [1.82, 2.24) is 0 Å². The van der Waals surface area contributed by atoms with Crippen LogP contribution in [0.5, 0.6) is 0 Å². The smallest absolute Gasteiger partial charge is 0.137 e. The lowest BCUT2D eigenvalue weighted by Crippen LogP contribution is -1.81.